The van der Waals surface area contributed by atoms with Crippen molar-refractivity contribution in [1.29, 1.82) is 10.8 Å². The van der Waals surface area contributed by atoms with Crippen molar-refractivity contribution in [2.24, 2.45) is 17.2 Å². The van der Waals surface area contributed by atoms with Gasteiger partial charge in [0, 0.05) is 22.7 Å². The molecule has 4 atom stereocenters. The number of aliphatic hydroxyl groups excluding tert-OH is 1. The molecule has 1 aliphatic rings. The molecule has 0 spiro atoms. The molecule has 0 radical (unpaired) electrons. The number of nitrogens with zero attached hydrogens (tertiary/aromatic N) is 3. The monoisotopic (exact) mass is 475 g/mol. The molecule has 1 heterocycles. The van der Waals surface area contributed by atoms with E-state index in [4.69, 9.17) is 28.0 Å². The fourth-order valence-corrected chi connectivity index (χ4v) is 4.66. The molecule has 11 heteroatoms. The van der Waals surface area contributed by atoms with Crippen LogP contribution in [-0.4, -0.2) is 63.5 Å². The van der Waals surface area contributed by atoms with Crippen LogP contribution in [0.4, 0.5) is 0 Å². The summed E-state index contributed by atoms with van der Waals surface area (Å²) in [6.45, 7) is 6.72. The summed E-state index contributed by atoms with van der Waals surface area (Å²) >= 11 is 0. The van der Waals surface area contributed by atoms with E-state index in [-0.39, 0.29) is 18.4 Å². The maximum Gasteiger partial charge on any atom is 0.238 e. The van der Waals surface area contributed by atoms with E-state index in [0.29, 0.717) is 19.4 Å². The summed E-state index contributed by atoms with van der Waals surface area (Å²) in [4.78, 5) is 38.5. The first-order chi connectivity index (χ1) is 15.9. The zero-order valence-corrected chi connectivity index (χ0v) is 20.1. The second-order valence-corrected chi connectivity index (χ2v) is 9.68. The highest BCUT2D eigenvalue weighted by Gasteiger charge is 2.51. The van der Waals surface area contributed by atoms with Crippen molar-refractivity contribution in [3.05, 3.63) is 35.9 Å². The van der Waals surface area contributed by atoms with Gasteiger partial charge in [-0.25, -0.2) is 0 Å². The Kier molecular flexibility index (Phi) is 10.6. The van der Waals surface area contributed by atoms with E-state index < -0.39 is 41.4 Å². The van der Waals surface area contributed by atoms with Crippen molar-refractivity contribution in [1.82, 2.24) is 10.2 Å². The number of aliphatic hydroxyl groups is 1. The van der Waals surface area contributed by atoms with Gasteiger partial charge in [0.15, 0.2) is 0 Å². The van der Waals surface area contributed by atoms with Crippen LogP contribution in [0.3, 0.4) is 0 Å². The number of benzene rings is 1. The number of primary amides is 2. The third-order valence-electron chi connectivity index (χ3n) is 6.15. The van der Waals surface area contributed by atoms with Crippen molar-refractivity contribution in [3.63, 3.8) is 0 Å². The zero-order valence-electron chi connectivity index (χ0n) is 20.1. The highest BCUT2D eigenvalue weighted by Crippen LogP contribution is 2.39. The molecule has 8 N–H and O–H groups in total. The van der Waals surface area contributed by atoms with Gasteiger partial charge in [-0.05, 0) is 52.1 Å². The Hall–Kier alpha value is -3.07. The van der Waals surface area contributed by atoms with Crippen molar-refractivity contribution < 1.29 is 19.5 Å². The highest BCUT2D eigenvalue weighted by molar-refractivity contribution is 5.88. The minimum absolute atomic E-state index is 0.0719. The summed E-state index contributed by atoms with van der Waals surface area (Å²) in [5, 5.41) is 26.0. The van der Waals surface area contributed by atoms with Crippen LogP contribution in [0.5, 0.6) is 0 Å². The number of likely N-dealkylation sites (tertiary alicyclic amines) is 1. The standard InChI is InChI=1S/C23H37N5O4.N2/c1-22(2,3)28-11-7-10-23(28,21(26)32)14-18(29)17(12-15-8-5-4-6-9-15)27-20(31)16(24)13-19(25)30;1-2/h4-6,8-9,16-18,29H,7,10-14,24H2,1-3H3,(H2,25,30)(H2,26,32)(H,27,31);/t16-,17-,18+,23+;/m0./s1. The molecule has 1 saturated heterocycles. The Bertz CT molecular complexity index is 856. The van der Waals surface area contributed by atoms with E-state index in [1.54, 1.807) is 0 Å². The molecule has 1 aromatic rings. The van der Waals surface area contributed by atoms with E-state index in [0.717, 1.165) is 12.0 Å². The second kappa shape index (κ2) is 12.4. The summed E-state index contributed by atoms with van der Waals surface area (Å²) < 4.78 is 0. The van der Waals surface area contributed by atoms with E-state index in [1.165, 1.54) is 0 Å². The van der Waals surface area contributed by atoms with Gasteiger partial charge in [-0.15, -0.1) is 0 Å². The van der Waals surface area contributed by atoms with Gasteiger partial charge in [0.1, 0.15) is 5.54 Å². The SMILES string of the molecule is CC(C)(C)N1CCC[C@@]1(C[C@@H](O)[C@H](Cc1ccccc1)NC(=O)[C@@H](N)CC(N)=O)C(N)=O.N#N. The quantitative estimate of drug-likeness (QED) is 0.285. The predicted octanol–water partition coefficient (Wildman–Crippen LogP) is -0.184. The van der Waals surface area contributed by atoms with Gasteiger partial charge in [0.2, 0.25) is 17.7 Å². The number of hydrogen-bond donors (Lipinski definition) is 5. The molecule has 34 heavy (non-hydrogen) atoms. The summed E-state index contributed by atoms with van der Waals surface area (Å²) in [6, 6.07) is 7.51. The molecule has 11 nitrogen and oxygen atoms in total. The fraction of sp³-hybridized carbons (Fsp3) is 0.609. The minimum atomic E-state index is -1.12. The van der Waals surface area contributed by atoms with Gasteiger partial charge in [0.25, 0.3) is 0 Å². The van der Waals surface area contributed by atoms with Crippen LogP contribution in [0.2, 0.25) is 0 Å². The molecule has 0 unspecified atom stereocenters. The van der Waals surface area contributed by atoms with E-state index in [2.05, 4.69) is 5.32 Å². The maximum atomic E-state index is 12.7. The lowest BCUT2D eigenvalue weighted by molar-refractivity contribution is -0.135. The maximum absolute atomic E-state index is 12.7. The summed E-state index contributed by atoms with van der Waals surface area (Å²) in [5.41, 5.74) is 16.4. The Morgan fingerprint density at radius 3 is 2.26 bits per heavy atom. The first kappa shape index (κ1) is 29.0. The van der Waals surface area contributed by atoms with E-state index in [9.17, 15) is 19.5 Å². The second-order valence-electron chi connectivity index (χ2n) is 9.68. The summed E-state index contributed by atoms with van der Waals surface area (Å²) in [7, 11) is 0. The number of hydrogen-bond acceptors (Lipinski definition) is 8. The molecule has 0 aromatic heterocycles. The van der Waals surface area contributed by atoms with Crippen LogP contribution < -0.4 is 22.5 Å². The van der Waals surface area contributed by atoms with Gasteiger partial charge in [0.05, 0.1) is 24.6 Å². The van der Waals surface area contributed by atoms with E-state index >= 15 is 0 Å². The lowest BCUT2D eigenvalue weighted by atomic mass is 9.82. The predicted molar refractivity (Wildman–Crippen MR) is 126 cm³/mol. The molecule has 2 rings (SSSR count). The minimum Gasteiger partial charge on any atom is -0.391 e. The highest BCUT2D eigenvalue weighted by atomic mass is 16.3. The summed E-state index contributed by atoms with van der Waals surface area (Å²) in [5.74, 6) is -1.76. The first-order valence-corrected chi connectivity index (χ1v) is 11.2. The molecule has 3 amide bonds. The molecular formula is C23H37N7O4. The third kappa shape index (κ3) is 7.48. The Morgan fingerprint density at radius 2 is 1.76 bits per heavy atom. The van der Waals surface area contributed by atoms with Crippen molar-refractivity contribution >= 4 is 17.7 Å². The zero-order chi connectivity index (χ0) is 26.1. The van der Waals surface area contributed by atoms with Crippen LogP contribution in [-0.2, 0) is 20.8 Å². The van der Waals surface area contributed by atoms with Gasteiger partial charge in [-0.3, -0.25) is 19.3 Å². The number of carbonyl (C=O) groups is 3. The van der Waals surface area contributed by atoms with Gasteiger partial charge >= 0.3 is 0 Å². The number of carbonyl (C=O) groups excluding carboxylic acids is 3. The molecule has 188 valence electrons. The van der Waals surface area contributed by atoms with Crippen LogP contribution in [0.25, 0.3) is 0 Å². The van der Waals surface area contributed by atoms with Crippen LogP contribution in [0.15, 0.2) is 30.3 Å². The number of nitrogens with two attached hydrogens (primary N) is 3. The van der Waals surface area contributed by atoms with E-state index in [1.807, 2.05) is 56.0 Å². The Labute approximate surface area is 200 Å². The van der Waals surface area contributed by atoms with Crippen molar-refractivity contribution in [2.45, 2.75) is 82.1 Å². The summed E-state index contributed by atoms with van der Waals surface area (Å²) in [6.07, 6.45) is 0.332. The topological polar surface area (TPSA) is 212 Å². The van der Waals surface area contributed by atoms with Crippen molar-refractivity contribution in [3.8, 4) is 0 Å². The van der Waals surface area contributed by atoms with Crippen molar-refractivity contribution in [2.75, 3.05) is 6.54 Å². The number of rotatable bonds is 10. The molecule has 1 fully saturated rings. The molecule has 1 aromatic carbocycles. The Morgan fingerprint density at radius 1 is 1.18 bits per heavy atom. The van der Waals surface area contributed by atoms with Crippen LogP contribution in [0.1, 0.15) is 52.0 Å². The smallest absolute Gasteiger partial charge is 0.238 e. The normalized spacial score (nSPS) is 20.9. The van der Waals surface area contributed by atoms with Gasteiger partial charge in [-0.1, -0.05) is 30.3 Å². The Balaban J connectivity index is 0.00000281. The number of amides is 3. The average Bonchev–Trinajstić information content (AvgIpc) is 3.20. The lowest BCUT2D eigenvalue weighted by Gasteiger charge is -2.45. The van der Waals surface area contributed by atoms with Crippen LogP contribution >= 0.6 is 0 Å². The molecule has 0 saturated carbocycles. The largest absolute Gasteiger partial charge is 0.391 e. The third-order valence-corrected chi connectivity index (χ3v) is 6.15. The lowest BCUT2D eigenvalue weighted by Crippen LogP contribution is -2.63. The molecule has 1 aliphatic heterocycles. The molecule has 0 bridgehead atoms. The van der Waals surface area contributed by atoms with Gasteiger partial charge in [-0.2, -0.15) is 0 Å². The fourth-order valence-electron chi connectivity index (χ4n) is 4.66. The molecular weight excluding hydrogens is 438 g/mol. The first-order valence-electron chi connectivity index (χ1n) is 11.2. The van der Waals surface area contributed by atoms with Gasteiger partial charge < -0.3 is 27.6 Å². The molecule has 0 aliphatic carbocycles. The average molecular weight is 476 g/mol. The number of nitrogens with one attached hydrogen (secondary N) is 1. The van der Waals surface area contributed by atoms with Crippen LogP contribution in [0, 0.1) is 10.8 Å².